The van der Waals surface area contributed by atoms with E-state index in [-0.39, 0.29) is 18.4 Å². The predicted octanol–water partition coefficient (Wildman–Crippen LogP) is 2.66. The molecule has 3 aromatic rings. The zero-order chi connectivity index (χ0) is 18.1. The van der Waals surface area contributed by atoms with Gasteiger partial charge in [0.2, 0.25) is 5.91 Å². The SMILES string of the molecule is O=C(Nc1cccc2cn[nH]c12)C1CCCN(S(=O)(=O)c2cccs2)C1. The summed E-state index contributed by atoms with van der Waals surface area (Å²) in [6, 6.07) is 8.88. The summed E-state index contributed by atoms with van der Waals surface area (Å²) in [5.74, 6) is -0.546. The lowest BCUT2D eigenvalue weighted by atomic mass is 9.98. The Labute approximate surface area is 155 Å². The van der Waals surface area contributed by atoms with Gasteiger partial charge in [0.1, 0.15) is 4.21 Å². The summed E-state index contributed by atoms with van der Waals surface area (Å²) in [5, 5.41) is 12.4. The second-order valence-corrected chi connectivity index (χ2v) is 9.38. The molecule has 1 aliphatic rings. The molecule has 2 N–H and O–H groups in total. The van der Waals surface area contributed by atoms with E-state index >= 15 is 0 Å². The maximum absolute atomic E-state index is 12.7. The molecule has 1 aliphatic heterocycles. The predicted molar refractivity (Wildman–Crippen MR) is 101 cm³/mol. The molecule has 1 unspecified atom stereocenters. The van der Waals surface area contributed by atoms with Crippen molar-refractivity contribution in [3.05, 3.63) is 41.9 Å². The number of carbonyl (C=O) groups is 1. The largest absolute Gasteiger partial charge is 0.324 e. The van der Waals surface area contributed by atoms with E-state index < -0.39 is 10.0 Å². The first-order valence-corrected chi connectivity index (χ1v) is 10.6. The van der Waals surface area contributed by atoms with Crippen LogP contribution in [0.25, 0.3) is 10.9 Å². The van der Waals surface area contributed by atoms with Crippen LogP contribution < -0.4 is 5.32 Å². The number of carbonyl (C=O) groups excluding carboxylic acids is 1. The standard InChI is InChI=1S/C17H18N4O3S2/c22-17(19-14-6-1-4-12-10-18-20-16(12)14)13-5-2-8-21(11-13)26(23,24)15-7-3-9-25-15/h1,3-4,6-7,9-10,13H,2,5,8,11H2,(H,18,20)(H,19,22). The average molecular weight is 390 g/mol. The second kappa shape index (κ2) is 6.82. The molecule has 0 radical (unpaired) electrons. The number of fused-ring (bicyclic) bond motifs is 1. The van der Waals surface area contributed by atoms with Crippen LogP contribution in [0.3, 0.4) is 0 Å². The van der Waals surface area contributed by atoms with E-state index in [1.165, 1.54) is 15.6 Å². The summed E-state index contributed by atoms with van der Waals surface area (Å²) in [6.45, 7) is 0.644. The minimum atomic E-state index is -3.53. The molecule has 1 atom stereocenters. The lowest BCUT2D eigenvalue weighted by Crippen LogP contribution is -2.43. The number of anilines is 1. The fourth-order valence-corrected chi connectivity index (χ4v) is 5.89. The van der Waals surface area contributed by atoms with E-state index in [9.17, 15) is 13.2 Å². The minimum Gasteiger partial charge on any atom is -0.324 e. The molecule has 4 rings (SSSR count). The Morgan fingerprint density at radius 3 is 3.00 bits per heavy atom. The van der Waals surface area contributed by atoms with Crippen LogP contribution in [-0.4, -0.2) is 41.9 Å². The quantitative estimate of drug-likeness (QED) is 0.716. The maximum Gasteiger partial charge on any atom is 0.252 e. The highest BCUT2D eigenvalue weighted by Crippen LogP contribution is 2.28. The Morgan fingerprint density at radius 1 is 1.31 bits per heavy atom. The number of aromatic nitrogens is 2. The van der Waals surface area contributed by atoms with Crippen LogP contribution in [0.2, 0.25) is 0 Å². The normalized spacial score (nSPS) is 18.8. The molecule has 1 aromatic carbocycles. The van der Waals surface area contributed by atoms with E-state index in [2.05, 4.69) is 15.5 Å². The van der Waals surface area contributed by atoms with Gasteiger partial charge in [-0.25, -0.2) is 8.42 Å². The number of sulfonamides is 1. The number of nitrogens with zero attached hydrogens (tertiary/aromatic N) is 2. The van der Waals surface area contributed by atoms with Crippen molar-refractivity contribution < 1.29 is 13.2 Å². The first-order chi connectivity index (χ1) is 12.6. The Hall–Kier alpha value is -2.23. The van der Waals surface area contributed by atoms with Crippen molar-refractivity contribution in [1.82, 2.24) is 14.5 Å². The molecule has 136 valence electrons. The smallest absolute Gasteiger partial charge is 0.252 e. The van der Waals surface area contributed by atoms with E-state index in [0.29, 0.717) is 29.3 Å². The van der Waals surface area contributed by atoms with Crippen molar-refractivity contribution in [2.24, 2.45) is 5.92 Å². The third-order valence-electron chi connectivity index (χ3n) is 4.58. The molecule has 1 fully saturated rings. The zero-order valence-corrected chi connectivity index (χ0v) is 15.5. The second-order valence-electron chi connectivity index (χ2n) is 6.26. The van der Waals surface area contributed by atoms with E-state index in [1.54, 1.807) is 29.8 Å². The van der Waals surface area contributed by atoms with Crippen molar-refractivity contribution in [3.63, 3.8) is 0 Å². The van der Waals surface area contributed by atoms with Gasteiger partial charge < -0.3 is 5.32 Å². The minimum absolute atomic E-state index is 0.168. The molecule has 26 heavy (non-hydrogen) atoms. The summed E-state index contributed by atoms with van der Waals surface area (Å²) in [7, 11) is -3.53. The van der Waals surface area contributed by atoms with Gasteiger partial charge >= 0.3 is 0 Å². The van der Waals surface area contributed by atoms with E-state index in [0.717, 1.165) is 10.9 Å². The Bertz CT molecular complexity index is 1030. The van der Waals surface area contributed by atoms with Crippen molar-refractivity contribution in [1.29, 1.82) is 0 Å². The van der Waals surface area contributed by atoms with Gasteiger partial charge in [-0.05, 0) is 30.4 Å². The van der Waals surface area contributed by atoms with Crippen LogP contribution in [0.5, 0.6) is 0 Å². The van der Waals surface area contributed by atoms with Crippen molar-refractivity contribution in [2.45, 2.75) is 17.1 Å². The molecule has 2 aromatic heterocycles. The number of hydrogen-bond acceptors (Lipinski definition) is 5. The van der Waals surface area contributed by atoms with Gasteiger partial charge in [0, 0.05) is 18.5 Å². The number of benzene rings is 1. The molecule has 0 aliphatic carbocycles. The number of rotatable bonds is 4. The van der Waals surface area contributed by atoms with Gasteiger partial charge in [-0.15, -0.1) is 11.3 Å². The number of nitrogens with one attached hydrogen (secondary N) is 2. The zero-order valence-electron chi connectivity index (χ0n) is 13.9. The Kier molecular flexibility index (Phi) is 4.51. The van der Waals surface area contributed by atoms with Crippen molar-refractivity contribution in [3.8, 4) is 0 Å². The summed E-state index contributed by atoms with van der Waals surface area (Å²) < 4.78 is 27.2. The van der Waals surface area contributed by atoms with Crippen molar-refractivity contribution >= 4 is 43.9 Å². The van der Waals surface area contributed by atoms with Gasteiger partial charge in [0.15, 0.2) is 0 Å². The molecule has 0 spiro atoms. The summed E-state index contributed by atoms with van der Waals surface area (Å²) in [4.78, 5) is 12.7. The number of piperidine rings is 1. The van der Waals surface area contributed by atoms with Gasteiger partial charge in [-0.1, -0.05) is 18.2 Å². The molecule has 7 nitrogen and oxygen atoms in total. The monoisotopic (exact) mass is 390 g/mol. The Morgan fingerprint density at radius 2 is 2.19 bits per heavy atom. The van der Waals surface area contributed by atoms with Crippen LogP contribution in [0, 0.1) is 5.92 Å². The summed E-state index contributed by atoms with van der Waals surface area (Å²) >= 11 is 1.20. The van der Waals surface area contributed by atoms with Crippen LogP contribution in [0.15, 0.2) is 46.1 Å². The highest BCUT2D eigenvalue weighted by Gasteiger charge is 2.33. The van der Waals surface area contributed by atoms with Crippen LogP contribution in [0.4, 0.5) is 5.69 Å². The first-order valence-electron chi connectivity index (χ1n) is 8.32. The number of thiophene rings is 1. The number of H-pyrrole nitrogens is 1. The fourth-order valence-electron chi connectivity index (χ4n) is 3.22. The third kappa shape index (κ3) is 3.13. The number of aromatic amines is 1. The third-order valence-corrected chi connectivity index (χ3v) is 7.82. The summed E-state index contributed by atoms with van der Waals surface area (Å²) in [5.41, 5.74) is 1.42. The molecule has 3 heterocycles. The van der Waals surface area contributed by atoms with E-state index in [4.69, 9.17) is 0 Å². The van der Waals surface area contributed by atoms with Gasteiger partial charge in [0.25, 0.3) is 10.0 Å². The van der Waals surface area contributed by atoms with Gasteiger partial charge in [0.05, 0.1) is 23.3 Å². The first kappa shape index (κ1) is 17.2. The molecule has 0 bridgehead atoms. The van der Waals surface area contributed by atoms with Gasteiger partial charge in [-0.3, -0.25) is 9.89 Å². The highest BCUT2D eigenvalue weighted by atomic mass is 32.2. The number of para-hydroxylation sites is 1. The molecule has 0 saturated carbocycles. The summed E-state index contributed by atoms with van der Waals surface area (Å²) in [6.07, 6.45) is 3.03. The molecular weight excluding hydrogens is 372 g/mol. The molecular formula is C17H18N4O3S2. The lowest BCUT2D eigenvalue weighted by molar-refractivity contribution is -0.120. The topological polar surface area (TPSA) is 95.2 Å². The number of amides is 1. The van der Waals surface area contributed by atoms with Crippen LogP contribution >= 0.6 is 11.3 Å². The molecule has 9 heteroatoms. The van der Waals surface area contributed by atoms with E-state index in [1.807, 2.05) is 12.1 Å². The Balaban J connectivity index is 1.51. The molecule has 1 amide bonds. The van der Waals surface area contributed by atoms with Crippen LogP contribution in [0.1, 0.15) is 12.8 Å². The lowest BCUT2D eigenvalue weighted by Gasteiger charge is -2.30. The number of hydrogen-bond donors (Lipinski definition) is 2. The molecule has 1 saturated heterocycles. The fraction of sp³-hybridized carbons (Fsp3) is 0.294. The van der Waals surface area contributed by atoms with Gasteiger partial charge in [-0.2, -0.15) is 9.40 Å². The van der Waals surface area contributed by atoms with Crippen LogP contribution in [-0.2, 0) is 14.8 Å². The van der Waals surface area contributed by atoms with Crippen molar-refractivity contribution in [2.75, 3.05) is 18.4 Å². The maximum atomic E-state index is 12.7. The highest BCUT2D eigenvalue weighted by molar-refractivity contribution is 7.91. The average Bonchev–Trinajstić information content (AvgIpc) is 3.34.